The van der Waals surface area contributed by atoms with Crippen molar-refractivity contribution >= 4 is 32.8 Å². The number of halogens is 1. The number of carbonyl (C=O) groups is 1. The molecule has 2 heterocycles. The second-order valence-electron chi connectivity index (χ2n) is 8.08. The van der Waals surface area contributed by atoms with Gasteiger partial charge in [-0.05, 0) is 71.6 Å². The highest BCUT2D eigenvalue weighted by atomic mass is 79.9. The van der Waals surface area contributed by atoms with Crippen LogP contribution in [-0.4, -0.2) is 37.1 Å². The van der Waals surface area contributed by atoms with Crippen LogP contribution in [0.5, 0.6) is 0 Å². The standard InChI is InChI=1S/C23H30BrNO4/c1-27-23(26)17-10-11-18-19(15-17)25(12-14-29-20-9-5-6-13-28-20)22(24)21(18)16-7-3-2-4-8-16/h10-11,15-16,20H,2-9,12-14H2,1H3. The van der Waals surface area contributed by atoms with Crippen molar-refractivity contribution in [3.63, 3.8) is 0 Å². The number of nitrogens with zero attached hydrogens (tertiary/aromatic N) is 1. The molecule has 1 aromatic carbocycles. The van der Waals surface area contributed by atoms with E-state index in [1.54, 1.807) is 0 Å². The van der Waals surface area contributed by atoms with Crippen LogP contribution in [0.15, 0.2) is 22.8 Å². The minimum absolute atomic E-state index is 0.0900. The Labute approximate surface area is 180 Å². The van der Waals surface area contributed by atoms with Gasteiger partial charge in [-0.1, -0.05) is 25.3 Å². The molecule has 0 amide bonds. The van der Waals surface area contributed by atoms with Crippen LogP contribution < -0.4 is 0 Å². The summed E-state index contributed by atoms with van der Waals surface area (Å²) in [4.78, 5) is 12.1. The molecule has 5 nitrogen and oxygen atoms in total. The van der Waals surface area contributed by atoms with E-state index in [4.69, 9.17) is 14.2 Å². The Hall–Kier alpha value is -1.37. The molecule has 1 aliphatic carbocycles. The van der Waals surface area contributed by atoms with Gasteiger partial charge in [0, 0.05) is 18.5 Å². The Morgan fingerprint density at radius 2 is 1.97 bits per heavy atom. The SMILES string of the molecule is COC(=O)c1ccc2c(C3CCCCC3)c(Br)n(CCOC3CCCCO3)c2c1. The molecule has 0 spiro atoms. The van der Waals surface area contributed by atoms with Crippen molar-refractivity contribution in [3.8, 4) is 0 Å². The van der Waals surface area contributed by atoms with E-state index < -0.39 is 0 Å². The molecule has 1 saturated carbocycles. The van der Waals surface area contributed by atoms with Crippen molar-refractivity contribution < 1.29 is 19.0 Å². The summed E-state index contributed by atoms with van der Waals surface area (Å²) in [7, 11) is 1.42. The number of hydrogen-bond acceptors (Lipinski definition) is 4. The third kappa shape index (κ3) is 4.54. The maximum Gasteiger partial charge on any atom is 0.337 e. The predicted octanol–water partition coefficient (Wildman–Crippen LogP) is 5.78. The second-order valence-corrected chi connectivity index (χ2v) is 8.83. The fourth-order valence-electron chi connectivity index (χ4n) is 4.71. The van der Waals surface area contributed by atoms with Crippen LogP contribution >= 0.6 is 15.9 Å². The second kappa shape index (κ2) is 9.63. The summed E-state index contributed by atoms with van der Waals surface area (Å²) < 4.78 is 20.0. The molecule has 6 heteroatoms. The fraction of sp³-hybridized carbons (Fsp3) is 0.609. The molecule has 158 valence electrons. The molecule has 1 unspecified atom stereocenters. The maximum absolute atomic E-state index is 12.1. The Balaban J connectivity index is 1.64. The summed E-state index contributed by atoms with van der Waals surface area (Å²) >= 11 is 3.89. The number of carbonyl (C=O) groups excluding carboxylic acids is 1. The van der Waals surface area contributed by atoms with Crippen molar-refractivity contribution in [2.45, 2.75) is 70.1 Å². The van der Waals surface area contributed by atoms with Gasteiger partial charge in [-0.2, -0.15) is 0 Å². The van der Waals surface area contributed by atoms with Gasteiger partial charge in [0.05, 0.1) is 29.4 Å². The van der Waals surface area contributed by atoms with Crippen LogP contribution in [0.2, 0.25) is 0 Å². The lowest BCUT2D eigenvalue weighted by Gasteiger charge is -2.23. The van der Waals surface area contributed by atoms with E-state index in [0.29, 0.717) is 24.6 Å². The Morgan fingerprint density at radius 3 is 2.69 bits per heavy atom. The summed E-state index contributed by atoms with van der Waals surface area (Å²) in [6, 6.07) is 5.91. The van der Waals surface area contributed by atoms with Gasteiger partial charge >= 0.3 is 5.97 Å². The largest absolute Gasteiger partial charge is 0.465 e. The number of methoxy groups -OCH3 is 1. The quantitative estimate of drug-likeness (QED) is 0.509. The molecule has 0 bridgehead atoms. The van der Waals surface area contributed by atoms with Crippen LogP contribution in [0.25, 0.3) is 10.9 Å². The van der Waals surface area contributed by atoms with Crippen LogP contribution in [0.1, 0.15) is 73.2 Å². The number of ether oxygens (including phenoxy) is 3. The molecule has 4 rings (SSSR count). The zero-order valence-electron chi connectivity index (χ0n) is 17.1. The summed E-state index contributed by atoms with van der Waals surface area (Å²) in [5.41, 5.74) is 3.02. The van der Waals surface area contributed by atoms with E-state index in [2.05, 4.69) is 26.6 Å². The third-order valence-corrected chi connectivity index (χ3v) is 7.08. The van der Waals surface area contributed by atoms with Gasteiger partial charge in [0.25, 0.3) is 0 Å². The normalized spacial score (nSPS) is 20.8. The lowest BCUT2D eigenvalue weighted by atomic mass is 9.84. The van der Waals surface area contributed by atoms with E-state index in [1.807, 2.05) is 12.1 Å². The Morgan fingerprint density at radius 1 is 1.17 bits per heavy atom. The van der Waals surface area contributed by atoms with E-state index in [9.17, 15) is 4.79 Å². The predicted molar refractivity (Wildman–Crippen MR) is 116 cm³/mol. The van der Waals surface area contributed by atoms with Gasteiger partial charge < -0.3 is 18.8 Å². The molecule has 1 atom stereocenters. The number of aromatic nitrogens is 1. The molecule has 2 fully saturated rings. The number of benzene rings is 1. The Bertz CT molecular complexity index is 850. The van der Waals surface area contributed by atoms with E-state index in [1.165, 1.54) is 50.2 Å². The Kier molecular flexibility index (Phi) is 6.93. The first kappa shape index (κ1) is 20.9. The fourth-order valence-corrected chi connectivity index (χ4v) is 5.61. The number of rotatable bonds is 6. The molecular weight excluding hydrogens is 434 g/mol. The van der Waals surface area contributed by atoms with Crippen molar-refractivity contribution in [2.75, 3.05) is 20.3 Å². The molecule has 2 aromatic rings. The zero-order valence-corrected chi connectivity index (χ0v) is 18.7. The molecule has 29 heavy (non-hydrogen) atoms. The van der Waals surface area contributed by atoms with Gasteiger partial charge in [-0.15, -0.1) is 0 Å². The van der Waals surface area contributed by atoms with E-state index in [-0.39, 0.29) is 12.3 Å². The molecule has 1 aromatic heterocycles. The molecule has 2 aliphatic rings. The average Bonchev–Trinajstić information content (AvgIpc) is 3.05. The minimum atomic E-state index is -0.304. The highest BCUT2D eigenvalue weighted by Gasteiger charge is 2.25. The van der Waals surface area contributed by atoms with Gasteiger partial charge in [0.2, 0.25) is 0 Å². The maximum atomic E-state index is 12.1. The first-order valence-corrected chi connectivity index (χ1v) is 11.6. The number of fused-ring (bicyclic) bond motifs is 1. The van der Waals surface area contributed by atoms with Gasteiger partial charge in [-0.25, -0.2) is 4.79 Å². The molecule has 0 radical (unpaired) electrons. The average molecular weight is 464 g/mol. The van der Waals surface area contributed by atoms with Crippen molar-refractivity contribution in [1.82, 2.24) is 4.57 Å². The molecule has 1 saturated heterocycles. The number of esters is 1. The van der Waals surface area contributed by atoms with Crippen molar-refractivity contribution in [1.29, 1.82) is 0 Å². The lowest BCUT2D eigenvalue weighted by Crippen LogP contribution is -2.24. The van der Waals surface area contributed by atoms with Gasteiger partial charge in [-0.3, -0.25) is 0 Å². The summed E-state index contributed by atoms with van der Waals surface area (Å²) in [5.74, 6) is 0.260. The lowest BCUT2D eigenvalue weighted by molar-refractivity contribution is -0.163. The zero-order chi connectivity index (χ0) is 20.2. The first-order chi connectivity index (χ1) is 14.2. The van der Waals surface area contributed by atoms with Crippen LogP contribution in [0, 0.1) is 0 Å². The monoisotopic (exact) mass is 463 g/mol. The summed E-state index contributed by atoms with van der Waals surface area (Å²) in [6.45, 7) is 2.09. The summed E-state index contributed by atoms with van der Waals surface area (Å²) in [5, 5.41) is 1.23. The van der Waals surface area contributed by atoms with Crippen LogP contribution in [0.4, 0.5) is 0 Å². The topological polar surface area (TPSA) is 49.7 Å². The third-order valence-electron chi connectivity index (χ3n) is 6.23. The van der Waals surface area contributed by atoms with E-state index in [0.717, 1.165) is 36.0 Å². The smallest absolute Gasteiger partial charge is 0.337 e. The highest BCUT2D eigenvalue weighted by Crippen LogP contribution is 2.42. The van der Waals surface area contributed by atoms with Crippen LogP contribution in [0.3, 0.4) is 0 Å². The van der Waals surface area contributed by atoms with E-state index >= 15 is 0 Å². The van der Waals surface area contributed by atoms with Crippen molar-refractivity contribution in [2.24, 2.45) is 0 Å². The number of hydrogen-bond donors (Lipinski definition) is 0. The molecular formula is C23H30BrNO4. The highest BCUT2D eigenvalue weighted by molar-refractivity contribution is 9.10. The van der Waals surface area contributed by atoms with Crippen molar-refractivity contribution in [3.05, 3.63) is 33.9 Å². The minimum Gasteiger partial charge on any atom is -0.465 e. The molecule has 1 aliphatic heterocycles. The van der Waals surface area contributed by atoms with Crippen LogP contribution in [-0.2, 0) is 20.8 Å². The summed E-state index contributed by atoms with van der Waals surface area (Å²) in [6.07, 6.45) is 9.50. The molecule has 0 N–H and O–H groups in total. The van der Waals surface area contributed by atoms with Gasteiger partial charge in [0.15, 0.2) is 6.29 Å². The first-order valence-electron chi connectivity index (χ1n) is 10.8. The van der Waals surface area contributed by atoms with Gasteiger partial charge in [0.1, 0.15) is 0 Å².